The van der Waals surface area contributed by atoms with Crippen LogP contribution in [0.4, 0.5) is 13.2 Å². The molecule has 0 amide bonds. The monoisotopic (exact) mass is 543 g/mol. The van der Waals surface area contributed by atoms with Crippen molar-refractivity contribution in [3.8, 4) is 0 Å². The number of ether oxygens (including phenoxy) is 2. The Morgan fingerprint density at radius 2 is 1.49 bits per heavy atom. The van der Waals surface area contributed by atoms with E-state index in [1.807, 2.05) is 0 Å². The van der Waals surface area contributed by atoms with Gasteiger partial charge in [0.05, 0.1) is 36.3 Å². The number of carbonyl (C=O) groups excluding carboxylic acids is 3. The number of rotatable bonds is 9. The van der Waals surface area contributed by atoms with Crippen molar-refractivity contribution in [3.05, 3.63) is 82.6 Å². The quantitative estimate of drug-likeness (QED) is 0.270. The van der Waals surface area contributed by atoms with Crippen LogP contribution in [0.1, 0.15) is 68.4 Å². The van der Waals surface area contributed by atoms with Crippen LogP contribution in [0.5, 0.6) is 0 Å². The number of esters is 2. The summed E-state index contributed by atoms with van der Waals surface area (Å²) in [5, 5.41) is 0. The third kappa shape index (κ3) is 7.65. The Hall–Kier alpha value is -3.75. The van der Waals surface area contributed by atoms with Crippen molar-refractivity contribution in [2.45, 2.75) is 71.8 Å². The van der Waals surface area contributed by atoms with E-state index < -0.39 is 48.6 Å². The van der Waals surface area contributed by atoms with Crippen LogP contribution in [0.2, 0.25) is 0 Å². The minimum absolute atomic E-state index is 0.0485. The summed E-state index contributed by atoms with van der Waals surface area (Å²) in [7, 11) is 0. The van der Waals surface area contributed by atoms with Crippen LogP contribution in [0.3, 0.4) is 0 Å². The topological polar surface area (TPSA) is 82.0 Å². The second kappa shape index (κ2) is 12.4. The van der Waals surface area contributed by atoms with Crippen LogP contribution in [0, 0.1) is 5.92 Å². The van der Waals surface area contributed by atoms with Crippen LogP contribution in [-0.4, -0.2) is 41.8 Å². The van der Waals surface area contributed by atoms with E-state index in [2.05, 4.69) is 4.99 Å². The number of Topliss-reactive ketones (excluding diaryl/α,β-unsaturated/α-hetero) is 1. The molecular weight excluding hydrogens is 511 g/mol. The van der Waals surface area contributed by atoms with Gasteiger partial charge in [0.25, 0.3) is 0 Å². The van der Waals surface area contributed by atoms with E-state index in [0.29, 0.717) is 5.56 Å². The van der Waals surface area contributed by atoms with Crippen LogP contribution in [-0.2, 0) is 25.5 Å². The Kier molecular flexibility index (Phi) is 9.48. The van der Waals surface area contributed by atoms with Gasteiger partial charge in [0.2, 0.25) is 0 Å². The Morgan fingerprint density at radius 1 is 0.897 bits per heavy atom. The third-order valence-electron chi connectivity index (χ3n) is 6.09. The van der Waals surface area contributed by atoms with Gasteiger partial charge in [-0.25, -0.2) is 4.79 Å². The van der Waals surface area contributed by atoms with Crippen LogP contribution in [0.25, 0.3) is 0 Å². The number of ketones is 1. The first kappa shape index (κ1) is 29.8. The number of hydrogen-bond donors (Lipinski definition) is 0. The maximum absolute atomic E-state index is 13.6. The normalized spacial score (nSPS) is 17.7. The number of allylic oxidation sites excluding steroid dienone is 1. The summed E-state index contributed by atoms with van der Waals surface area (Å²) in [4.78, 5) is 44.6. The molecule has 1 heterocycles. The molecule has 39 heavy (non-hydrogen) atoms. The largest absolute Gasteiger partial charge is 0.462 e. The van der Waals surface area contributed by atoms with Crippen molar-refractivity contribution in [3.63, 3.8) is 0 Å². The first-order valence-electron chi connectivity index (χ1n) is 12.7. The zero-order valence-electron chi connectivity index (χ0n) is 22.5. The number of alkyl halides is 3. The highest BCUT2D eigenvalue weighted by molar-refractivity contribution is 6.08. The lowest BCUT2D eigenvalue weighted by Gasteiger charge is -2.34. The summed E-state index contributed by atoms with van der Waals surface area (Å²) in [5.41, 5.74) is 0.548. The Morgan fingerprint density at radius 3 is 2.08 bits per heavy atom. The lowest BCUT2D eigenvalue weighted by molar-refractivity contribution is -0.150. The smallest absolute Gasteiger partial charge is 0.393 e. The van der Waals surface area contributed by atoms with Gasteiger partial charge in [0.15, 0.2) is 5.78 Å². The average Bonchev–Trinajstić information content (AvgIpc) is 2.82. The standard InChI is InChI=1S/C30H32F3NO5/c1-17(2)38-28(36)25-19(5)34-23(15-24(35)20-11-7-6-8-12-20)27(29(37)39-18(3)4)26(25)22-14-10-9-13-21(22)16-30(31,32)33/h6-14,17-18,25-26H,15-16H2,1-5H3/t25?,26-/m1/s1. The number of hydrogen-bond acceptors (Lipinski definition) is 6. The van der Waals surface area contributed by atoms with Gasteiger partial charge in [-0.05, 0) is 45.7 Å². The van der Waals surface area contributed by atoms with E-state index in [1.165, 1.54) is 18.2 Å². The molecule has 9 heteroatoms. The first-order valence-corrected chi connectivity index (χ1v) is 12.7. The van der Waals surface area contributed by atoms with Gasteiger partial charge in [-0.2, -0.15) is 13.2 Å². The highest BCUT2D eigenvalue weighted by Crippen LogP contribution is 2.43. The molecule has 2 atom stereocenters. The molecule has 0 N–H and O–H groups in total. The molecule has 0 radical (unpaired) electrons. The number of benzene rings is 2. The molecule has 0 aromatic heterocycles. The number of aliphatic imine (C=N–C) groups is 1. The van der Waals surface area contributed by atoms with Crippen LogP contribution < -0.4 is 0 Å². The van der Waals surface area contributed by atoms with Gasteiger partial charge in [-0.3, -0.25) is 14.6 Å². The third-order valence-corrected chi connectivity index (χ3v) is 6.09. The molecule has 0 saturated heterocycles. The van der Waals surface area contributed by atoms with E-state index in [9.17, 15) is 27.6 Å². The summed E-state index contributed by atoms with van der Waals surface area (Å²) < 4.78 is 51.7. The van der Waals surface area contributed by atoms with E-state index >= 15 is 0 Å². The molecule has 208 valence electrons. The van der Waals surface area contributed by atoms with Gasteiger partial charge in [0, 0.05) is 17.2 Å². The van der Waals surface area contributed by atoms with Crippen molar-refractivity contribution in [1.82, 2.24) is 0 Å². The minimum atomic E-state index is -4.55. The van der Waals surface area contributed by atoms with Gasteiger partial charge in [-0.1, -0.05) is 54.6 Å². The highest BCUT2D eigenvalue weighted by atomic mass is 19.4. The fourth-order valence-electron chi connectivity index (χ4n) is 4.63. The molecule has 1 aliphatic rings. The maximum Gasteiger partial charge on any atom is 0.393 e. The Bertz CT molecular complexity index is 1280. The van der Waals surface area contributed by atoms with Crippen molar-refractivity contribution in [1.29, 1.82) is 0 Å². The van der Waals surface area contributed by atoms with E-state index in [4.69, 9.17) is 9.47 Å². The SMILES string of the molecule is CC1=NC(CC(=O)c2ccccc2)=C(C(=O)OC(C)C)[C@H](c2ccccc2CC(F)(F)F)C1C(=O)OC(C)C. The molecule has 0 bridgehead atoms. The van der Waals surface area contributed by atoms with Gasteiger partial charge >= 0.3 is 18.1 Å². The van der Waals surface area contributed by atoms with E-state index in [1.54, 1.807) is 71.0 Å². The summed E-state index contributed by atoms with van der Waals surface area (Å²) in [6.07, 6.45) is -7.22. The molecule has 6 nitrogen and oxygen atoms in total. The fraction of sp³-hybridized carbons (Fsp3) is 0.400. The molecular formula is C30H32F3NO5. The van der Waals surface area contributed by atoms with Crippen molar-refractivity contribution in [2.75, 3.05) is 0 Å². The molecule has 2 aromatic carbocycles. The molecule has 1 aliphatic heterocycles. The summed E-state index contributed by atoms with van der Waals surface area (Å²) in [6, 6.07) is 14.2. The van der Waals surface area contributed by atoms with Gasteiger partial charge in [0.1, 0.15) is 5.92 Å². The summed E-state index contributed by atoms with van der Waals surface area (Å²) in [5.74, 6) is -4.35. The predicted molar refractivity (Wildman–Crippen MR) is 140 cm³/mol. The lowest BCUT2D eigenvalue weighted by Crippen LogP contribution is -2.38. The molecule has 3 rings (SSSR count). The number of nitrogens with zero attached hydrogens (tertiary/aromatic N) is 1. The molecule has 0 fully saturated rings. The molecule has 0 saturated carbocycles. The molecule has 2 aromatic rings. The zero-order valence-corrected chi connectivity index (χ0v) is 22.5. The minimum Gasteiger partial charge on any atom is -0.462 e. The predicted octanol–water partition coefficient (Wildman–Crippen LogP) is 6.40. The fourth-order valence-corrected chi connectivity index (χ4v) is 4.63. The average molecular weight is 544 g/mol. The molecule has 0 aliphatic carbocycles. The molecule has 0 spiro atoms. The molecule has 1 unspecified atom stereocenters. The van der Waals surface area contributed by atoms with Crippen LogP contribution >= 0.6 is 0 Å². The number of halogens is 3. The zero-order chi connectivity index (χ0) is 28.9. The first-order chi connectivity index (χ1) is 18.3. The van der Waals surface area contributed by atoms with Gasteiger partial charge in [-0.15, -0.1) is 0 Å². The Balaban J connectivity index is 2.28. The second-order valence-electron chi connectivity index (χ2n) is 9.97. The summed E-state index contributed by atoms with van der Waals surface area (Å²) in [6.45, 7) is 8.09. The summed E-state index contributed by atoms with van der Waals surface area (Å²) >= 11 is 0. The Labute approximate surface area is 225 Å². The maximum atomic E-state index is 13.6. The van der Waals surface area contributed by atoms with Gasteiger partial charge < -0.3 is 9.47 Å². The van der Waals surface area contributed by atoms with Crippen molar-refractivity contribution >= 4 is 23.4 Å². The van der Waals surface area contributed by atoms with Crippen molar-refractivity contribution < 1.29 is 37.0 Å². The second-order valence-corrected chi connectivity index (χ2v) is 9.97. The van der Waals surface area contributed by atoms with Crippen molar-refractivity contribution in [2.24, 2.45) is 10.9 Å². The van der Waals surface area contributed by atoms with E-state index in [-0.39, 0.29) is 40.3 Å². The lowest BCUT2D eigenvalue weighted by atomic mass is 9.73. The number of carbonyl (C=O) groups is 3. The van der Waals surface area contributed by atoms with E-state index in [0.717, 1.165) is 0 Å². The highest BCUT2D eigenvalue weighted by Gasteiger charge is 2.45. The van der Waals surface area contributed by atoms with Crippen LogP contribution in [0.15, 0.2) is 70.9 Å².